The number of aromatic nitrogens is 1. The molecule has 7 heteroatoms. The molecule has 32 heavy (non-hydrogen) atoms. The van der Waals surface area contributed by atoms with E-state index in [1.165, 1.54) is 5.69 Å². The first-order valence-electron chi connectivity index (χ1n) is 11.1. The van der Waals surface area contributed by atoms with Crippen molar-refractivity contribution in [3.63, 3.8) is 0 Å². The van der Waals surface area contributed by atoms with Crippen LogP contribution in [0.4, 0.5) is 22.0 Å². The van der Waals surface area contributed by atoms with Gasteiger partial charge in [-0.2, -0.15) is 0 Å². The second-order valence-corrected chi connectivity index (χ2v) is 9.02. The maximum absolute atomic E-state index is 12.2. The van der Waals surface area contributed by atoms with Gasteiger partial charge in [0, 0.05) is 43.8 Å². The number of urea groups is 1. The SMILES string of the molecule is CN(C)c1cc(N[C@H]2CC[C@@H](CNC(=O)Nc3ccccc3Cl)CC2)nc2ccccc12. The van der Waals surface area contributed by atoms with Crippen LogP contribution in [0.25, 0.3) is 10.9 Å². The van der Waals surface area contributed by atoms with E-state index >= 15 is 0 Å². The maximum atomic E-state index is 12.2. The summed E-state index contributed by atoms with van der Waals surface area (Å²) in [5.74, 6) is 1.40. The van der Waals surface area contributed by atoms with Crippen molar-refractivity contribution >= 4 is 45.7 Å². The number of pyridine rings is 1. The molecule has 1 fully saturated rings. The molecule has 1 saturated carbocycles. The van der Waals surface area contributed by atoms with Crippen LogP contribution in [0.15, 0.2) is 54.6 Å². The Morgan fingerprint density at radius 1 is 1.06 bits per heavy atom. The molecule has 1 heterocycles. The van der Waals surface area contributed by atoms with E-state index in [-0.39, 0.29) is 6.03 Å². The number of hydrogen-bond acceptors (Lipinski definition) is 4. The molecule has 168 valence electrons. The van der Waals surface area contributed by atoms with Crippen molar-refractivity contribution in [2.75, 3.05) is 36.2 Å². The molecule has 0 spiro atoms. The fraction of sp³-hybridized carbons (Fsp3) is 0.360. The van der Waals surface area contributed by atoms with Gasteiger partial charge in [0.25, 0.3) is 0 Å². The molecule has 0 bridgehead atoms. The fourth-order valence-electron chi connectivity index (χ4n) is 4.29. The number of halogens is 1. The van der Waals surface area contributed by atoms with Crippen molar-refractivity contribution in [2.24, 2.45) is 5.92 Å². The third-order valence-electron chi connectivity index (χ3n) is 6.05. The van der Waals surface area contributed by atoms with Gasteiger partial charge in [0.1, 0.15) is 5.82 Å². The van der Waals surface area contributed by atoms with E-state index in [2.05, 4.69) is 53.1 Å². The molecule has 1 aliphatic rings. The number of nitrogens with zero attached hydrogens (tertiary/aromatic N) is 2. The van der Waals surface area contributed by atoms with Gasteiger partial charge in [-0.1, -0.05) is 41.9 Å². The first-order valence-corrected chi connectivity index (χ1v) is 11.5. The Morgan fingerprint density at radius 2 is 1.78 bits per heavy atom. The number of hydrogen-bond donors (Lipinski definition) is 3. The van der Waals surface area contributed by atoms with Crippen LogP contribution in [-0.4, -0.2) is 37.7 Å². The van der Waals surface area contributed by atoms with Crippen LogP contribution in [0.5, 0.6) is 0 Å². The molecule has 0 saturated heterocycles. The number of rotatable bonds is 6. The largest absolute Gasteiger partial charge is 0.377 e. The van der Waals surface area contributed by atoms with Crippen molar-refractivity contribution in [3.8, 4) is 0 Å². The minimum atomic E-state index is -0.213. The third kappa shape index (κ3) is 5.43. The molecule has 4 rings (SSSR count). The molecule has 1 aromatic heterocycles. The van der Waals surface area contributed by atoms with E-state index in [1.54, 1.807) is 12.1 Å². The number of carbonyl (C=O) groups is 1. The summed E-state index contributed by atoms with van der Waals surface area (Å²) in [4.78, 5) is 19.2. The highest BCUT2D eigenvalue weighted by molar-refractivity contribution is 6.33. The number of amides is 2. The average Bonchev–Trinajstić information content (AvgIpc) is 2.79. The predicted octanol–water partition coefficient (Wildman–Crippen LogP) is 5.75. The van der Waals surface area contributed by atoms with E-state index in [0.717, 1.165) is 42.4 Å². The normalized spacial score (nSPS) is 18.2. The van der Waals surface area contributed by atoms with E-state index in [9.17, 15) is 4.79 Å². The first kappa shape index (κ1) is 22.2. The van der Waals surface area contributed by atoms with Crippen LogP contribution < -0.4 is 20.9 Å². The summed E-state index contributed by atoms with van der Waals surface area (Å²) in [5, 5.41) is 11.1. The third-order valence-corrected chi connectivity index (χ3v) is 6.38. The van der Waals surface area contributed by atoms with Gasteiger partial charge >= 0.3 is 6.03 Å². The zero-order chi connectivity index (χ0) is 22.5. The van der Waals surface area contributed by atoms with Gasteiger partial charge in [-0.25, -0.2) is 9.78 Å². The smallest absolute Gasteiger partial charge is 0.319 e. The highest BCUT2D eigenvalue weighted by Gasteiger charge is 2.22. The van der Waals surface area contributed by atoms with Crippen molar-refractivity contribution in [1.82, 2.24) is 10.3 Å². The lowest BCUT2D eigenvalue weighted by atomic mass is 9.86. The standard InChI is InChI=1S/C25H30ClN5O/c1-31(2)23-15-24(29-21-9-5-3-7-19(21)23)28-18-13-11-17(12-14-18)16-27-25(32)30-22-10-6-4-8-20(22)26/h3-10,15,17-18H,11-14,16H2,1-2H3,(H,28,29)(H2,27,30,32)/t17-,18+. The molecule has 0 atom stereocenters. The van der Waals surface area contributed by atoms with Gasteiger partial charge in [0.2, 0.25) is 0 Å². The van der Waals surface area contributed by atoms with Gasteiger partial charge in [0.05, 0.1) is 16.2 Å². The molecule has 0 aliphatic heterocycles. The van der Waals surface area contributed by atoms with E-state index < -0.39 is 0 Å². The Morgan fingerprint density at radius 3 is 2.53 bits per heavy atom. The summed E-state index contributed by atoms with van der Waals surface area (Å²) in [5.41, 5.74) is 2.80. The van der Waals surface area contributed by atoms with Crippen LogP contribution in [0.2, 0.25) is 5.02 Å². The van der Waals surface area contributed by atoms with Gasteiger partial charge < -0.3 is 20.9 Å². The molecule has 3 N–H and O–H groups in total. The summed E-state index contributed by atoms with van der Waals surface area (Å²) in [6, 6.07) is 17.8. The molecule has 1 aliphatic carbocycles. The van der Waals surface area contributed by atoms with Crippen molar-refractivity contribution < 1.29 is 4.79 Å². The minimum Gasteiger partial charge on any atom is -0.377 e. The molecular weight excluding hydrogens is 422 g/mol. The van der Waals surface area contributed by atoms with Crippen LogP contribution in [-0.2, 0) is 0 Å². The Labute approximate surface area is 194 Å². The van der Waals surface area contributed by atoms with Gasteiger partial charge in [-0.05, 0) is 49.8 Å². The second-order valence-electron chi connectivity index (χ2n) is 8.62. The molecular formula is C25H30ClN5O. The topological polar surface area (TPSA) is 69.3 Å². The molecule has 3 aromatic rings. The highest BCUT2D eigenvalue weighted by atomic mass is 35.5. The summed E-state index contributed by atoms with van der Waals surface area (Å²) in [7, 11) is 4.12. The van der Waals surface area contributed by atoms with Crippen LogP contribution in [0.3, 0.4) is 0 Å². The van der Waals surface area contributed by atoms with Gasteiger partial charge in [-0.15, -0.1) is 0 Å². The van der Waals surface area contributed by atoms with Crippen LogP contribution in [0, 0.1) is 5.92 Å². The zero-order valence-electron chi connectivity index (χ0n) is 18.6. The Kier molecular flexibility index (Phi) is 7.00. The second kappa shape index (κ2) is 10.1. The number of anilines is 3. The number of benzene rings is 2. The summed E-state index contributed by atoms with van der Waals surface area (Å²) >= 11 is 6.10. The Balaban J connectivity index is 1.28. The van der Waals surface area contributed by atoms with E-state index in [1.807, 2.05) is 24.3 Å². The monoisotopic (exact) mass is 451 g/mol. The Bertz CT molecular complexity index is 1080. The van der Waals surface area contributed by atoms with Crippen molar-refractivity contribution in [3.05, 3.63) is 59.6 Å². The van der Waals surface area contributed by atoms with Crippen LogP contribution in [0.1, 0.15) is 25.7 Å². The number of fused-ring (bicyclic) bond motifs is 1. The lowest BCUT2D eigenvalue weighted by Gasteiger charge is -2.30. The van der Waals surface area contributed by atoms with Gasteiger partial charge in [-0.3, -0.25) is 0 Å². The lowest BCUT2D eigenvalue weighted by molar-refractivity contribution is 0.246. The predicted molar refractivity (Wildman–Crippen MR) is 134 cm³/mol. The maximum Gasteiger partial charge on any atom is 0.319 e. The first-order chi connectivity index (χ1) is 15.5. The van der Waals surface area contributed by atoms with Gasteiger partial charge in [0.15, 0.2) is 0 Å². The quantitative estimate of drug-likeness (QED) is 0.446. The summed E-state index contributed by atoms with van der Waals surface area (Å²) in [6.07, 6.45) is 4.25. The molecule has 0 unspecified atom stereocenters. The number of nitrogens with one attached hydrogen (secondary N) is 3. The lowest BCUT2D eigenvalue weighted by Crippen LogP contribution is -2.36. The Hall–Kier alpha value is -2.99. The average molecular weight is 452 g/mol. The van der Waals surface area contributed by atoms with E-state index in [4.69, 9.17) is 16.6 Å². The summed E-state index contributed by atoms with van der Waals surface area (Å²) < 4.78 is 0. The number of para-hydroxylation sites is 2. The summed E-state index contributed by atoms with van der Waals surface area (Å²) in [6.45, 7) is 0.669. The molecule has 0 radical (unpaired) electrons. The molecule has 2 amide bonds. The molecule has 2 aromatic carbocycles. The minimum absolute atomic E-state index is 0.213. The van der Waals surface area contributed by atoms with Crippen LogP contribution >= 0.6 is 11.6 Å². The molecule has 6 nitrogen and oxygen atoms in total. The van der Waals surface area contributed by atoms with Crippen molar-refractivity contribution in [2.45, 2.75) is 31.7 Å². The van der Waals surface area contributed by atoms with E-state index in [0.29, 0.717) is 29.2 Å². The number of carbonyl (C=O) groups excluding carboxylic acids is 1. The zero-order valence-corrected chi connectivity index (χ0v) is 19.3. The fourth-order valence-corrected chi connectivity index (χ4v) is 4.47. The highest BCUT2D eigenvalue weighted by Crippen LogP contribution is 2.30. The van der Waals surface area contributed by atoms with Crippen molar-refractivity contribution in [1.29, 1.82) is 0 Å².